The molecule has 4 rings (SSSR count). The van der Waals surface area contributed by atoms with Crippen LogP contribution < -0.4 is 4.74 Å². The molecule has 0 aliphatic carbocycles. The second-order valence-electron chi connectivity index (χ2n) is 6.72. The van der Waals surface area contributed by atoms with E-state index in [-0.39, 0.29) is 0 Å². The monoisotopic (exact) mass is 375 g/mol. The van der Waals surface area contributed by atoms with E-state index in [1.54, 1.807) is 0 Å². The van der Waals surface area contributed by atoms with Crippen LogP contribution in [0.1, 0.15) is 31.7 Å². The zero-order chi connectivity index (χ0) is 19.3. The van der Waals surface area contributed by atoms with Gasteiger partial charge in [-0.05, 0) is 25.0 Å². The van der Waals surface area contributed by atoms with Crippen LogP contribution >= 0.6 is 0 Å². The van der Waals surface area contributed by atoms with Crippen molar-refractivity contribution in [2.75, 3.05) is 6.61 Å². The lowest BCUT2D eigenvalue weighted by Gasteiger charge is -2.11. The molecule has 0 fully saturated rings. The molecule has 144 valence electrons. The minimum Gasteiger partial charge on any atom is -0.471 e. The van der Waals surface area contributed by atoms with Crippen molar-refractivity contribution < 1.29 is 9.47 Å². The molecule has 5 heteroatoms. The summed E-state index contributed by atoms with van der Waals surface area (Å²) < 4.78 is 14.1. The van der Waals surface area contributed by atoms with Crippen molar-refractivity contribution in [3.8, 4) is 5.88 Å². The molecule has 0 spiro atoms. The Labute approximate surface area is 164 Å². The molecule has 0 bridgehead atoms. The molecule has 0 N–H and O–H groups in total. The van der Waals surface area contributed by atoms with Crippen LogP contribution in [0.4, 0.5) is 0 Å². The van der Waals surface area contributed by atoms with Crippen LogP contribution in [0, 0.1) is 0 Å². The molecule has 2 aromatic heterocycles. The summed E-state index contributed by atoms with van der Waals surface area (Å²) in [6.07, 6.45) is 1.02. The number of aromatic nitrogens is 3. The molecule has 0 atom stereocenters. The van der Waals surface area contributed by atoms with Gasteiger partial charge < -0.3 is 14.0 Å². The van der Waals surface area contributed by atoms with Gasteiger partial charge in [-0.2, -0.15) is 0 Å². The molecule has 0 aliphatic heterocycles. The van der Waals surface area contributed by atoms with Crippen LogP contribution in [0.5, 0.6) is 5.88 Å². The number of hydrogen-bond donors (Lipinski definition) is 0. The second kappa shape index (κ2) is 8.40. The number of imidazole rings is 1. The summed E-state index contributed by atoms with van der Waals surface area (Å²) >= 11 is 0. The van der Waals surface area contributed by atoms with E-state index >= 15 is 0 Å². The topological polar surface area (TPSA) is 49.2 Å². The molecule has 0 saturated carbocycles. The third kappa shape index (κ3) is 3.58. The molecule has 2 heterocycles. The molecular formula is C23H25N3O2. The van der Waals surface area contributed by atoms with Gasteiger partial charge in [0.15, 0.2) is 5.52 Å². The molecule has 4 aromatic rings. The number of aryl methyl sites for hydroxylation is 1. The van der Waals surface area contributed by atoms with Crippen LogP contribution in [-0.2, 0) is 24.5 Å². The van der Waals surface area contributed by atoms with Gasteiger partial charge in [-0.1, -0.05) is 55.5 Å². The standard InChI is InChI=1S/C23H25N3O2/c1-3-14-26-20(16-27-4-2)25-21-22(26)18-12-8-9-13-19(18)24-23(21)28-15-17-10-6-5-7-11-17/h5-13H,3-4,14-16H2,1-2H3. The maximum atomic E-state index is 6.14. The number of hydrogen-bond acceptors (Lipinski definition) is 4. The van der Waals surface area contributed by atoms with Crippen LogP contribution in [0.3, 0.4) is 0 Å². The zero-order valence-corrected chi connectivity index (χ0v) is 16.4. The average molecular weight is 375 g/mol. The van der Waals surface area contributed by atoms with Gasteiger partial charge in [0.2, 0.25) is 5.88 Å². The summed E-state index contributed by atoms with van der Waals surface area (Å²) in [7, 11) is 0. The largest absolute Gasteiger partial charge is 0.471 e. The van der Waals surface area contributed by atoms with E-state index in [2.05, 4.69) is 29.7 Å². The molecule has 0 saturated heterocycles. The van der Waals surface area contributed by atoms with E-state index in [0.29, 0.717) is 25.7 Å². The predicted octanol–water partition coefficient (Wildman–Crippen LogP) is 5.11. The first-order valence-corrected chi connectivity index (χ1v) is 9.84. The molecule has 5 nitrogen and oxygen atoms in total. The van der Waals surface area contributed by atoms with E-state index < -0.39 is 0 Å². The maximum Gasteiger partial charge on any atom is 0.243 e. The van der Waals surface area contributed by atoms with Crippen LogP contribution in [0.2, 0.25) is 0 Å². The first kappa shape index (κ1) is 18.4. The van der Waals surface area contributed by atoms with Crippen LogP contribution in [0.15, 0.2) is 54.6 Å². The molecule has 0 aliphatic rings. The van der Waals surface area contributed by atoms with Crippen LogP contribution in [-0.4, -0.2) is 21.1 Å². The minimum absolute atomic E-state index is 0.461. The van der Waals surface area contributed by atoms with Crippen molar-refractivity contribution in [1.29, 1.82) is 0 Å². The first-order chi connectivity index (χ1) is 13.8. The average Bonchev–Trinajstić information content (AvgIpc) is 3.10. The van der Waals surface area contributed by atoms with Gasteiger partial charge in [0.1, 0.15) is 19.0 Å². The quantitative estimate of drug-likeness (QED) is 0.429. The van der Waals surface area contributed by atoms with E-state index in [1.165, 1.54) is 0 Å². The number of rotatable bonds is 8. The van der Waals surface area contributed by atoms with Crippen molar-refractivity contribution in [3.05, 3.63) is 66.0 Å². The fraction of sp³-hybridized carbons (Fsp3) is 0.304. The smallest absolute Gasteiger partial charge is 0.243 e. The number of benzene rings is 2. The summed E-state index contributed by atoms with van der Waals surface area (Å²) in [5.41, 5.74) is 3.90. The van der Waals surface area contributed by atoms with Crippen molar-refractivity contribution in [2.24, 2.45) is 0 Å². The van der Waals surface area contributed by atoms with E-state index in [4.69, 9.17) is 19.4 Å². The highest BCUT2D eigenvalue weighted by Gasteiger charge is 2.19. The number of nitrogens with zero attached hydrogens (tertiary/aromatic N) is 3. The third-order valence-corrected chi connectivity index (χ3v) is 4.73. The van der Waals surface area contributed by atoms with E-state index in [1.807, 2.05) is 43.3 Å². The Morgan fingerprint density at radius 2 is 1.68 bits per heavy atom. The first-order valence-electron chi connectivity index (χ1n) is 9.84. The molecule has 28 heavy (non-hydrogen) atoms. The highest BCUT2D eigenvalue weighted by Crippen LogP contribution is 2.32. The molecule has 2 aromatic carbocycles. The van der Waals surface area contributed by atoms with Crippen molar-refractivity contribution in [3.63, 3.8) is 0 Å². The van der Waals surface area contributed by atoms with E-state index in [9.17, 15) is 0 Å². The van der Waals surface area contributed by atoms with Crippen molar-refractivity contribution in [2.45, 2.75) is 40.0 Å². The van der Waals surface area contributed by atoms with Gasteiger partial charge in [-0.15, -0.1) is 0 Å². The Kier molecular flexibility index (Phi) is 5.53. The lowest BCUT2D eigenvalue weighted by molar-refractivity contribution is 0.126. The molecule has 0 unspecified atom stereocenters. The Hall–Kier alpha value is -2.92. The maximum absolute atomic E-state index is 6.14. The van der Waals surface area contributed by atoms with Gasteiger partial charge >= 0.3 is 0 Å². The van der Waals surface area contributed by atoms with Gasteiger partial charge in [0.25, 0.3) is 0 Å². The number of fused-ring (bicyclic) bond motifs is 3. The van der Waals surface area contributed by atoms with Crippen molar-refractivity contribution >= 4 is 21.9 Å². The number of pyridine rings is 1. The molecule has 0 radical (unpaired) electrons. The van der Waals surface area contributed by atoms with Gasteiger partial charge in [0.05, 0.1) is 11.0 Å². The zero-order valence-electron chi connectivity index (χ0n) is 16.4. The Morgan fingerprint density at radius 3 is 2.46 bits per heavy atom. The lowest BCUT2D eigenvalue weighted by atomic mass is 10.2. The summed E-state index contributed by atoms with van der Waals surface area (Å²) in [5.74, 6) is 1.49. The van der Waals surface area contributed by atoms with Gasteiger partial charge in [-0.25, -0.2) is 9.97 Å². The highest BCUT2D eigenvalue weighted by atomic mass is 16.5. The molecular weight excluding hydrogens is 350 g/mol. The number of para-hydroxylation sites is 1. The lowest BCUT2D eigenvalue weighted by Crippen LogP contribution is -2.05. The highest BCUT2D eigenvalue weighted by molar-refractivity contribution is 6.04. The normalized spacial score (nSPS) is 11.4. The fourth-order valence-corrected chi connectivity index (χ4v) is 3.45. The summed E-state index contributed by atoms with van der Waals surface area (Å²) in [6.45, 7) is 6.65. The summed E-state index contributed by atoms with van der Waals surface area (Å²) in [5, 5.41) is 1.09. The van der Waals surface area contributed by atoms with Gasteiger partial charge in [0, 0.05) is 18.5 Å². The Morgan fingerprint density at radius 1 is 0.893 bits per heavy atom. The summed E-state index contributed by atoms with van der Waals surface area (Å²) in [6, 6.07) is 18.3. The van der Waals surface area contributed by atoms with Gasteiger partial charge in [-0.3, -0.25) is 0 Å². The number of ether oxygens (including phenoxy) is 2. The predicted molar refractivity (Wildman–Crippen MR) is 111 cm³/mol. The Bertz CT molecular complexity index is 1070. The van der Waals surface area contributed by atoms with Crippen molar-refractivity contribution in [1.82, 2.24) is 14.5 Å². The van der Waals surface area contributed by atoms with E-state index in [0.717, 1.165) is 46.3 Å². The fourth-order valence-electron chi connectivity index (χ4n) is 3.45. The summed E-state index contributed by atoms with van der Waals surface area (Å²) in [4.78, 5) is 9.66. The van der Waals surface area contributed by atoms with Crippen LogP contribution in [0.25, 0.3) is 21.9 Å². The minimum atomic E-state index is 0.461. The molecule has 0 amide bonds. The second-order valence-corrected chi connectivity index (χ2v) is 6.72. The SMILES string of the molecule is CCCn1c(COCC)nc2c(OCc3ccccc3)nc3ccccc3c21. The third-order valence-electron chi connectivity index (χ3n) is 4.73. The Balaban J connectivity index is 1.85.